The van der Waals surface area contributed by atoms with Crippen molar-refractivity contribution in [2.24, 2.45) is 4.99 Å². The van der Waals surface area contributed by atoms with Crippen LogP contribution in [0.4, 0.5) is 5.69 Å². The average molecular weight is 160 g/mol. The fourth-order valence-corrected chi connectivity index (χ4v) is 1.26. The second-order valence-electron chi connectivity index (χ2n) is 2.60. The van der Waals surface area contributed by atoms with E-state index in [-0.39, 0.29) is 6.04 Å². The highest BCUT2D eigenvalue weighted by atomic mass is 16.1. The first-order valence-corrected chi connectivity index (χ1v) is 3.74. The van der Waals surface area contributed by atoms with Crippen molar-refractivity contribution in [2.75, 3.05) is 0 Å². The first kappa shape index (κ1) is 7.03. The molecular formula is C9H8N2O. The maximum atomic E-state index is 10.6. The lowest BCUT2D eigenvalue weighted by Crippen LogP contribution is -2.23. The maximum absolute atomic E-state index is 10.6. The molecule has 0 fully saturated rings. The molecule has 1 N–H and O–H groups in total. The SMILES string of the molecule is O=CC1NC=Nc2ccccc21. The summed E-state index contributed by atoms with van der Waals surface area (Å²) < 4.78 is 0. The van der Waals surface area contributed by atoms with Crippen molar-refractivity contribution >= 4 is 18.3 Å². The molecule has 0 aliphatic carbocycles. The summed E-state index contributed by atoms with van der Waals surface area (Å²) in [4.78, 5) is 14.7. The van der Waals surface area contributed by atoms with Crippen LogP contribution in [0.15, 0.2) is 29.3 Å². The van der Waals surface area contributed by atoms with Crippen LogP contribution in [-0.4, -0.2) is 12.6 Å². The van der Waals surface area contributed by atoms with Crippen LogP contribution in [0.3, 0.4) is 0 Å². The summed E-state index contributed by atoms with van der Waals surface area (Å²) in [5, 5.41) is 2.87. The molecule has 3 heteroatoms. The zero-order valence-corrected chi connectivity index (χ0v) is 6.40. The topological polar surface area (TPSA) is 41.5 Å². The molecule has 0 amide bonds. The van der Waals surface area contributed by atoms with Crippen LogP contribution < -0.4 is 5.32 Å². The molecule has 0 radical (unpaired) electrons. The van der Waals surface area contributed by atoms with Crippen LogP contribution in [0.5, 0.6) is 0 Å². The standard InChI is InChI=1S/C9H8N2O/c12-5-9-7-3-1-2-4-8(7)10-6-11-9/h1-6,9H,(H,10,11). The number of para-hydroxylation sites is 1. The number of nitrogens with one attached hydrogen (secondary N) is 1. The zero-order valence-electron chi connectivity index (χ0n) is 6.40. The molecule has 12 heavy (non-hydrogen) atoms. The van der Waals surface area contributed by atoms with Gasteiger partial charge in [-0.15, -0.1) is 0 Å². The number of carbonyl (C=O) groups excluding carboxylic acids is 1. The van der Waals surface area contributed by atoms with Crippen molar-refractivity contribution in [3.63, 3.8) is 0 Å². The molecule has 1 heterocycles. The molecule has 0 saturated heterocycles. The van der Waals surface area contributed by atoms with Gasteiger partial charge in [-0.25, -0.2) is 4.99 Å². The van der Waals surface area contributed by atoms with Crippen molar-refractivity contribution in [2.45, 2.75) is 6.04 Å². The predicted molar refractivity (Wildman–Crippen MR) is 46.5 cm³/mol. The first-order valence-electron chi connectivity index (χ1n) is 3.74. The molecule has 1 aromatic carbocycles. The van der Waals surface area contributed by atoms with E-state index in [0.29, 0.717) is 0 Å². The highest BCUT2D eigenvalue weighted by Gasteiger charge is 2.14. The number of rotatable bonds is 1. The molecule has 0 bridgehead atoms. The molecule has 3 nitrogen and oxygen atoms in total. The van der Waals surface area contributed by atoms with Crippen LogP contribution in [0, 0.1) is 0 Å². The second-order valence-corrected chi connectivity index (χ2v) is 2.60. The first-order chi connectivity index (χ1) is 5.92. The predicted octanol–water partition coefficient (Wildman–Crippen LogP) is 1.19. The van der Waals surface area contributed by atoms with Gasteiger partial charge in [-0.1, -0.05) is 18.2 Å². The normalized spacial score (nSPS) is 19.5. The molecule has 0 aromatic heterocycles. The monoisotopic (exact) mass is 160 g/mol. The molecule has 1 aliphatic rings. The number of aliphatic imine (C=N–C) groups is 1. The average Bonchev–Trinajstić information content (AvgIpc) is 2.17. The Balaban J connectivity index is 2.52. The summed E-state index contributed by atoms with van der Waals surface area (Å²) in [7, 11) is 0. The maximum Gasteiger partial charge on any atom is 0.146 e. The Morgan fingerprint density at radius 1 is 1.42 bits per heavy atom. The van der Waals surface area contributed by atoms with Crippen molar-refractivity contribution in [3.8, 4) is 0 Å². The van der Waals surface area contributed by atoms with Crippen molar-refractivity contribution in [1.82, 2.24) is 5.32 Å². The highest BCUT2D eigenvalue weighted by Crippen LogP contribution is 2.25. The van der Waals surface area contributed by atoms with Crippen LogP contribution in [0.2, 0.25) is 0 Å². The third kappa shape index (κ3) is 0.993. The Bertz CT molecular complexity index is 333. The summed E-state index contributed by atoms with van der Waals surface area (Å²) in [6.45, 7) is 0. The Hall–Kier alpha value is -1.64. The summed E-state index contributed by atoms with van der Waals surface area (Å²) in [6.07, 6.45) is 2.44. The van der Waals surface area contributed by atoms with Gasteiger partial charge in [0, 0.05) is 5.56 Å². The fraction of sp³-hybridized carbons (Fsp3) is 0.111. The van der Waals surface area contributed by atoms with Gasteiger partial charge >= 0.3 is 0 Å². The summed E-state index contributed by atoms with van der Waals surface area (Å²) in [5.41, 5.74) is 1.81. The third-order valence-corrected chi connectivity index (χ3v) is 1.87. The van der Waals surface area contributed by atoms with Gasteiger partial charge in [-0.2, -0.15) is 0 Å². The summed E-state index contributed by atoms with van der Waals surface area (Å²) in [5.74, 6) is 0. The van der Waals surface area contributed by atoms with E-state index in [2.05, 4.69) is 10.3 Å². The molecular weight excluding hydrogens is 152 g/mol. The molecule has 0 spiro atoms. The van der Waals surface area contributed by atoms with E-state index in [1.807, 2.05) is 24.3 Å². The quantitative estimate of drug-likeness (QED) is 0.627. The van der Waals surface area contributed by atoms with Crippen LogP contribution >= 0.6 is 0 Å². The Morgan fingerprint density at radius 2 is 2.25 bits per heavy atom. The molecule has 1 atom stereocenters. The van der Waals surface area contributed by atoms with Gasteiger partial charge < -0.3 is 10.1 Å². The van der Waals surface area contributed by atoms with Crippen molar-refractivity contribution in [3.05, 3.63) is 29.8 Å². The van der Waals surface area contributed by atoms with E-state index in [1.165, 1.54) is 0 Å². The van der Waals surface area contributed by atoms with Gasteiger partial charge in [0.1, 0.15) is 12.3 Å². The number of benzene rings is 1. The Kier molecular flexibility index (Phi) is 1.63. The van der Waals surface area contributed by atoms with Gasteiger partial charge in [0.2, 0.25) is 0 Å². The molecule has 0 saturated carbocycles. The fourth-order valence-electron chi connectivity index (χ4n) is 1.26. The molecule has 1 aromatic rings. The van der Waals surface area contributed by atoms with Crippen LogP contribution in [0.1, 0.15) is 11.6 Å². The largest absolute Gasteiger partial charge is 0.363 e. The van der Waals surface area contributed by atoms with E-state index < -0.39 is 0 Å². The van der Waals surface area contributed by atoms with E-state index in [4.69, 9.17) is 0 Å². The lowest BCUT2D eigenvalue weighted by molar-refractivity contribution is -0.109. The van der Waals surface area contributed by atoms with Gasteiger partial charge in [0.15, 0.2) is 0 Å². The highest BCUT2D eigenvalue weighted by molar-refractivity contribution is 5.77. The van der Waals surface area contributed by atoms with E-state index >= 15 is 0 Å². The van der Waals surface area contributed by atoms with E-state index in [9.17, 15) is 4.79 Å². The smallest absolute Gasteiger partial charge is 0.146 e. The van der Waals surface area contributed by atoms with Crippen LogP contribution in [0.25, 0.3) is 0 Å². The minimum absolute atomic E-state index is 0.237. The molecule has 60 valence electrons. The lowest BCUT2D eigenvalue weighted by Gasteiger charge is -2.16. The van der Waals surface area contributed by atoms with Crippen molar-refractivity contribution < 1.29 is 4.79 Å². The Morgan fingerprint density at radius 3 is 3.08 bits per heavy atom. The number of carbonyl (C=O) groups is 1. The van der Waals surface area contributed by atoms with Gasteiger partial charge in [-0.05, 0) is 6.07 Å². The van der Waals surface area contributed by atoms with E-state index in [1.54, 1.807) is 6.34 Å². The molecule has 2 rings (SSSR count). The Labute approximate surface area is 70.1 Å². The zero-order chi connectivity index (χ0) is 8.39. The summed E-state index contributed by atoms with van der Waals surface area (Å²) in [6, 6.07) is 7.36. The number of hydrogen-bond acceptors (Lipinski definition) is 3. The van der Waals surface area contributed by atoms with Gasteiger partial charge in [0.25, 0.3) is 0 Å². The number of aldehydes is 1. The minimum atomic E-state index is -0.237. The lowest BCUT2D eigenvalue weighted by atomic mass is 10.1. The minimum Gasteiger partial charge on any atom is -0.363 e. The van der Waals surface area contributed by atoms with E-state index in [0.717, 1.165) is 17.5 Å². The number of fused-ring (bicyclic) bond motifs is 1. The molecule has 1 unspecified atom stereocenters. The number of hydrogen-bond donors (Lipinski definition) is 1. The summed E-state index contributed by atoms with van der Waals surface area (Å²) >= 11 is 0. The van der Waals surface area contributed by atoms with Crippen LogP contribution in [-0.2, 0) is 4.79 Å². The van der Waals surface area contributed by atoms with Crippen molar-refractivity contribution in [1.29, 1.82) is 0 Å². The van der Waals surface area contributed by atoms with Gasteiger partial charge in [0.05, 0.1) is 12.0 Å². The van der Waals surface area contributed by atoms with Gasteiger partial charge in [-0.3, -0.25) is 0 Å². The number of nitrogens with zero attached hydrogens (tertiary/aromatic N) is 1. The second kappa shape index (κ2) is 2.77. The molecule has 1 aliphatic heterocycles. The third-order valence-electron chi connectivity index (χ3n) is 1.87.